The van der Waals surface area contributed by atoms with Crippen LogP contribution in [0.3, 0.4) is 0 Å². The van der Waals surface area contributed by atoms with Crippen LogP contribution < -0.4 is 5.43 Å². The van der Waals surface area contributed by atoms with Crippen LogP contribution >= 0.6 is 23.4 Å². The molecule has 5 rings (SSSR count). The molecule has 2 aliphatic heterocycles. The van der Waals surface area contributed by atoms with Crippen molar-refractivity contribution in [3.63, 3.8) is 0 Å². The minimum atomic E-state index is -0.127. The van der Waals surface area contributed by atoms with Crippen LogP contribution in [0.4, 0.5) is 0 Å². The van der Waals surface area contributed by atoms with Gasteiger partial charge in [-0.25, -0.2) is 5.01 Å². The third-order valence-corrected chi connectivity index (χ3v) is 6.49. The van der Waals surface area contributed by atoms with Gasteiger partial charge >= 0.3 is 0 Å². The maximum atomic E-state index is 13.2. The Morgan fingerprint density at radius 3 is 2.81 bits per heavy atom. The van der Waals surface area contributed by atoms with E-state index in [1.54, 1.807) is 0 Å². The molecule has 0 unspecified atom stereocenters. The summed E-state index contributed by atoms with van der Waals surface area (Å²) in [6, 6.07) is 11.7. The number of carbonyl (C=O) groups is 1. The lowest BCUT2D eigenvalue weighted by Gasteiger charge is -2.32. The average molecular weight is 454 g/mol. The average Bonchev–Trinajstić information content (AvgIpc) is 3.49. The molecule has 31 heavy (non-hydrogen) atoms. The molecule has 1 aromatic carbocycles. The Hall–Kier alpha value is -2.70. The van der Waals surface area contributed by atoms with Gasteiger partial charge in [-0.05, 0) is 30.6 Å². The minimum Gasteiger partial charge on any atom is -0.355 e. The quantitative estimate of drug-likeness (QED) is 0.596. The Balaban J connectivity index is 1.42. The van der Waals surface area contributed by atoms with E-state index in [0.29, 0.717) is 28.1 Å². The number of hydrogen-bond donors (Lipinski definition) is 1. The Morgan fingerprint density at radius 2 is 2.03 bits per heavy atom. The number of halogens is 1. The maximum absolute atomic E-state index is 13.2. The molecule has 4 heterocycles. The Morgan fingerprint density at radius 1 is 1.23 bits per heavy atom. The molecule has 0 radical (unpaired) electrons. The number of piperazine rings is 1. The van der Waals surface area contributed by atoms with Gasteiger partial charge < -0.3 is 14.0 Å². The van der Waals surface area contributed by atoms with Crippen molar-refractivity contribution < 1.29 is 9.32 Å². The van der Waals surface area contributed by atoms with Crippen molar-refractivity contribution in [2.24, 2.45) is 0 Å². The van der Waals surface area contributed by atoms with E-state index < -0.39 is 0 Å². The molecular weight excluding hydrogens is 434 g/mol. The van der Waals surface area contributed by atoms with Gasteiger partial charge in [0.1, 0.15) is 20.7 Å². The van der Waals surface area contributed by atoms with E-state index in [0.717, 1.165) is 42.0 Å². The molecule has 1 saturated heterocycles. The van der Waals surface area contributed by atoms with E-state index in [-0.39, 0.29) is 5.91 Å². The van der Waals surface area contributed by atoms with Crippen LogP contribution in [0, 0.1) is 0 Å². The van der Waals surface area contributed by atoms with Gasteiger partial charge in [-0.1, -0.05) is 46.7 Å². The molecule has 0 bridgehead atoms. The van der Waals surface area contributed by atoms with Gasteiger partial charge in [-0.15, -0.1) is 0 Å². The topological polar surface area (TPSA) is 66.5 Å². The number of hydrogen-bond acceptors (Lipinski definition) is 6. The number of fused-ring (bicyclic) bond motifs is 1. The van der Waals surface area contributed by atoms with Crippen LogP contribution in [0.2, 0.25) is 0 Å². The molecule has 1 N–H and O–H groups in total. The molecule has 0 atom stereocenters. The van der Waals surface area contributed by atoms with Gasteiger partial charge in [0.05, 0.1) is 6.54 Å². The van der Waals surface area contributed by atoms with Gasteiger partial charge in [-0.3, -0.25) is 10.2 Å². The molecule has 3 aromatic rings. The second-order valence-corrected chi connectivity index (χ2v) is 9.17. The van der Waals surface area contributed by atoms with E-state index in [2.05, 4.69) is 34.0 Å². The number of benzene rings is 1. The molecule has 0 aliphatic carbocycles. The highest BCUT2D eigenvalue weighted by Gasteiger charge is 2.22. The molecule has 7 nitrogen and oxygen atoms in total. The Labute approximate surface area is 188 Å². The van der Waals surface area contributed by atoms with Gasteiger partial charge in [0.2, 0.25) is 0 Å². The van der Waals surface area contributed by atoms with Crippen molar-refractivity contribution in [3.05, 3.63) is 69.4 Å². The third kappa shape index (κ3) is 4.23. The first-order chi connectivity index (χ1) is 15.1. The van der Waals surface area contributed by atoms with E-state index in [1.807, 2.05) is 46.0 Å². The lowest BCUT2D eigenvalue weighted by atomic mass is 10.2. The first-order valence-corrected chi connectivity index (χ1v) is 11.1. The summed E-state index contributed by atoms with van der Waals surface area (Å²) in [6.07, 6.45) is 0. The number of likely N-dealkylation sites (N-methyl/N-ethyl adjacent to an activating group) is 1. The van der Waals surface area contributed by atoms with Crippen LogP contribution in [0.25, 0.3) is 15.8 Å². The van der Waals surface area contributed by atoms with E-state index in [1.165, 1.54) is 11.8 Å². The van der Waals surface area contributed by atoms with Gasteiger partial charge in [0.25, 0.3) is 5.91 Å². The largest absolute Gasteiger partial charge is 0.355 e. The van der Waals surface area contributed by atoms with Crippen molar-refractivity contribution in [3.8, 4) is 0 Å². The van der Waals surface area contributed by atoms with Crippen molar-refractivity contribution in [2.75, 3.05) is 33.2 Å². The summed E-state index contributed by atoms with van der Waals surface area (Å²) in [5.41, 5.74) is 11.1. The third-order valence-electron chi connectivity index (χ3n) is 5.37. The Kier molecular flexibility index (Phi) is 5.50. The highest BCUT2D eigenvalue weighted by atomic mass is 35.5. The van der Waals surface area contributed by atoms with E-state index in [4.69, 9.17) is 16.1 Å². The molecule has 9 heteroatoms. The number of thioether (sulfide) groups is 1. The van der Waals surface area contributed by atoms with Crippen LogP contribution in [0.5, 0.6) is 0 Å². The standard InChI is InChI=1S/C22H20ClN5O2S/c1-26-8-10-27(11-9-26)24-22(29)18-12-15-4-2-3-5-17(15)28(18)14-16-13-19(30-25-16)20-6-7-21(23)31-20/h2-5,12-13H,8-11,14H2,1H3,(H,24,29). The normalized spacial score (nSPS) is 17.2. The molecule has 1 fully saturated rings. The summed E-state index contributed by atoms with van der Waals surface area (Å²) in [5, 5.41) is 7.17. The van der Waals surface area contributed by atoms with Crippen LogP contribution in [-0.4, -0.2) is 58.8 Å². The maximum Gasteiger partial charge on any atom is 0.282 e. The predicted octanol–water partition coefficient (Wildman–Crippen LogP) is 3.49. The van der Waals surface area contributed by atoms with Gasteiger partial charge in [0.15, 0.2) is 5.76 Å². The number of nitrogens with zero attached hydrogens (tertiary/aromatic N) is 4. The molecule has 0 spiro atoms. The SMILES string of the molecule is CN1CCN(NC(=O)c2cc3ccccc3n2Cc2cc(C3=C=C=C(Cl)S3)on2)CC1. The lowest BCUT2D eigenvalue weighted by molar-refractivity contribution is 0.0654. The molecule has 0 saturated carbocycles. The highest BCUT2D eigenvalue weighted by Crippen LogP contribution is 2.37. The fourth-order valence-corrected chi connectivity index (χ4v) is 4.56. The summed E-state index contributed by atoms with van der Waals surface area (Å²) >= 11 is 7.29. The number of amides is 1. The van der Waals surface area contributed by atoms with Crippen molar-refractivity contribution in [1.29, 1.82) is 0 Å². The molecule has 1 amide bonds. The van der Waals surface area contributed by atoms with E-state index in [9.17, 15) is 4.79 Å². The molecule has 2 aliphatic rings. The zero-order valence-corrected chi connectivity index (χ0v) is 18.5. The number of aromatic nitrogens is 2. The first kappa shape index (κ1) is 20.2. The monoisotopic (exact) mass is 453 g/mol. The number of nitrogens with one attached hydrogen (secondary N) is 1. The van der Waals surface area contributed by atoms with Crippen LogP contribution in [-0.2, 0) is 6.54 Å². The van der Waals surface area contributed by atoms with Crippen LogP contribution in [0.15, 0.2) is 56.7 Å². The number of rotatable bonds is 5. The fourth-order valence-electron chi connectivity index (χ4n) is 3.70. The van der Waals surface area contributed by atoms with Gasteiger partial charge in [0, 0.05) is 43.1 Å². The summed E-state index contributed by atoms with van der Waals surface area (Å²) in [5.74, 6) is 0.459. The summed E-state index contributed by atoms with van der Waals surface area (Å²) in [4.78, 5) is 16.1. The number of carbonyl (C=O) groups excluding carboxylic acids is 1. The van der Waals surface area contributed by atoms with E-state index >= 15 is 0 Å². The molecule has 158 valence electrons. The van der Waals surface area contributed by atoms with Crippen molar-refractivity contribution in [1.82, 2.24) is 25.1 Å². The zero-order valence-electron chi connectivity index (χ0n) is 16.9. The summed E-state index contributed by atoms with van der Waals surface area (Å²) < 4.78 is 7.97. The van der Waals surface area contributed by atoms with Gasteiger partial charge in [-0.2, -0.15) is 0 Å². The Bertz CT molecular complexity index is 1260. The second-order valence-electron chi connectivity index (χ2n) is 7.54. The smallest absolute Gasteiger partial charge is 0.282 e. The van der Waals surface area contributed by atoms with Crippen molar-refractivity contribution >= 4 is 45.1 Å². The summed E-state index contributed by atoms with van der Waals surface area (Å²) in [7, 11) is 2.09. The fraction of sp³-hybridized carbons (Fsp3) is 0.273. The summed E-state index contributed by atoms with van der Waals surface area (Å²) in [6.45, 7) is 3.85. The molecule has 2 aromatic heterocycles. The zero-order chi connectivity index (χ0) is 21.4. The minimum absolute atomic E-state index is 0.127. The first-order valence-electron chi connectivity index (χ1n) is 9.95. The lowest BCUT2D eigenvalue weighted by Crippen LogP contribution is -2.52. The second kappa shape index (κ2) is 8.44. The number of para-hydroxylation sites is 1. The number of hydrazine groups is 1. The highest BCUT2D eigenvalue weighted by molar-refractivity contribution is 8.13. The predicted molar refractivity (Wildman–Crippen MR) is 121 cm³/mol. The molecular formula is C22H20ClN5O2S. The van der Waals surface area contributed by atoms with Crippen molar-refractivity contribution in [2.45, 2.75) is 6.54 Å². The van der Waals surface area contributed by atoms with Crippen LogP contribution in [0.1, 0.15) is 21.9 Å².